The van der Waals surface area contributed by atoms with Gasteiger partial charge in [-0.25, -0.2) is 4.79 Å². The maximum atomic E-state index is 11.5. The van der Waals surface area contributed by atoms with Gasteiger partial charge in [0.2, 0.25) is 0 Å². The summed E-state index contributed by atoms with van der Waals surface area (Å²) in [5.74, 6) is -0.921. The number of carboxylic acid groups (broad SMARTS) is 1. The molecule has 0 radical (unpaired) electrons. The third-order valence-electron chi connectivity index (χ3n) is 6.28. The molecule has 0 aromatic heterocycles. The Balaban J connectivity index is 2.20. The van der Waals surface area contributed by atoms with Crippen LogP contribution in [0.4, 0.5) is 0 Å². The number of rotatable bonds is 10. The van der Waals surface area contributed by atoms with Crippen molar-refractivity contribution >= 4 is 14.3 Å². The van der Waals surface area contributed by atoms with Crippen LogP contribution in [0.3, 0.4) is 0 Å². The van der Waals surface area contributed by atoms with Crippen molar-refractivity contribution in [3.63, 3.8) is 0 Å². The van der Waals surface area contributed by atoms with Gasteiger partial charge in [-0.05, 0) is 53.7 Å². The van der Waals surface area contributed by atoms with Gasteiger partial charge in [0.15, 0.2) is 8.32 Å². The molecule has 0 aliphatic heterocycles. The molecule has 2 aromatic rings. The highest BCUT2D eigenvalue weighted by atomic mass is 28.4. The number of carbonyl (C=O) groups is 1. The van der Waals surface area contributed by atoms with Crippen LogP contribution in [0.2, 0.25) is 18.1 Å². The Kier molecular flexibility index (Phi) is 8.40. The number of aliphatic hydroxyl groups excluding tert-OH is 1. The molecule has 0 aliphatic rings. The second-order valence-electron chi connectivity index (χ2n) is 9.65. The minimum atomic E-state index is -2.10. The Morgan fingerprint density at radius 2 is 1.65 bits per heavy atom. The number of aromatic carboxylic acids is 1. The fourth-order valence-corrected chi connectivity index (χ4v) is 4.58. The lowest BCUT2D eigenvalue weighted by atomic mass is 9.94. The summed E-state index contributed by atoms with van der Waals surface area (Å²) in [6.07, 6.45) is 0.647. The van der Waals surface area contributed by atoms with Crippen molar-refractivity contribution in [3.8, 4) is 0 Å². The van der Waals surface area contributed by atoms with Crippen LogP contribution in [0.15, 0.2) is 66.7 Å². The summed E-state index contributed by atoms with van der Waals surface area (Å²) >= 11 is 0. The van der Waals surface area contributed by atoms with Gasteiger partial charge in [0.1, 0.15) is 0 Å². The first-order valence-corrected chi connectivity index (χ1v) is 13.7. The molecule has 0 fully saturated rings. The number of carboxylic acids is 1. The molecule has 0 bridgehead atoms. The molecule has 168 valence electrons. The predicted octanol–water partition coefficient (Wildman–Crippen LogP) is 6.39. The highest BCUT2D eigenvalue weighted by Gasteiger charge is 2.40. The van der Waals surface area contributed by atoms with Crippen molar-refractivity contribution in [1.29, 1.82) is 0 Å². The van der Waals surface area contributed by atoms with Gasteiger partial charge in [0.25, 0.3) is 0 Å². The summed E-state index contributed by atoms with van der Waals surface area (Å²) in [5.41, 5.74) is 2.85. The molecular weight excluding hydrogens is 404 g/mol. The molecule has 5 heteroatoms. The van der Waals surface area contributed by atoms with Crippen molar-refractivity contribution in [2.75, 3.05) is 0 Å². The molecule has 0 aliphatic carbocycles. The zero-order chi connectivity index (χ0) is 23.2. The number of aryl methyl sites for hydroxylation is 1. The highest BCUT2D eigenvalue weighted by molar-refractivity contribution is 6.74. The Hall–Kier alpha value is -2.21. The van der Waals surface area contributed by atoms with Crippen LogP contribution in [-0.2, 0) is 10.8 Å². The number of hydrogen-bond acceptors (Lipinski definition) is 3. The molecule has 2 rings (SSSR count). The molecule has 0 amide bonds. The number of benzene rings is 2. The summed E-state index contributed by atoms with van der Waals surface area (Å²) in [7, 11) is -2.10. The SMILES string of the molecule is C=C(CCc1ccccc1C(=O)O)[C@@H](C[C@@H](O)c1ccccc1)O[Si](C)(C)C(C)(C)C. The van der Waals surface area contributed by atoms with E-state index in [1.54, 1.807) is 12.1 Å². The zero-order valence-electron chi connectivity index (χ0n) is 19.4. The topological polar surface area (TPSA) is 66.8 Å². The largest absolute Gasteiger partial charge is 0.478 e. The third kappa shape index (κ3) is 6.89. The Labute approximate surface area is 187 Å². The van der Waals surface area contributed by atoms with Gasteiger partial charge in [-0.1, -0.05) is 75.9 Å². The van der Waals surface area contributed by atoms with Gasteiger partial charge >= 0.3 is 5.97 Å². The van der Waals surface area contributed by atoms with E-state index in [1.165, 1.54) is 0 Å². The maximum absolute atomic E-state index is 11.5. The molecule has 0 saturated carbocycles. The lowest BCUT2D eigenvalue weighted by molar-refractivity contribution is 0.0695. The van der Waals surface area contributed by atoms with Crippen LogP contribution in [-0.4, -0.2) is 30.6 Å². The smallest absolute Gasteiger partial charge is 0.335 e. The summed E-state index contributed by atoms with van der Waals surface area (Å²) in [6, 6.07) is 16.7. The molecule has 0 spiro atoms. The summed E-state index contributed by atoms with van der Waals surface area (Å²) in [5, 5.41) is 20.3. The first-order valence-electron chi connectivity index (χ1n) is 10.8. The summed E-state index contributed by atoms with van der Waals surface area (Å²) in [6.45, 7) is 15.3. The van der Waals surface area contributed by atoms with Crippen molar-refractivity contribution in [2.24, 2.45) is 0 Å². The van der Waals surface area contributed by atoms with Crippen LogP contribution in [0.5, 0.6) is 0 Å². The van der Waals surface area contributed by atoms with Gasteiger partial charge in [-0.2, -0.15) is 0 Å². The van der Waals surface area contributed by atoms with E-state index in [9.17, 15) is 15.0 Å². The van der Waals surface area contributed by atoms with Gasteiger partial charge in [-0.15, -0.1) is 0 Å². The Morgan fingerprint density at radius 1 is 1.06 bits per heavy atom. The van der Waals surface area contributed by atoms with E-state index >= 15 is 0 Å². The van der Waals surface area contributed by atoms with Gasteiger partial charge in [0.05, 0.1) is 17.8 Å². The van der Waals surface area contributed by atoms with Crippen molar-refractivity contribution in [2.45, 2.75) is 70.4 Å². The highest BCUT2D eigenvalue weighted by Crippen LogP contribution is 2.39. The van der Waals surface area contributed by atoms with E-state index < -0.39 is 20.4 Å². The van der Waals surface area contributed by atoms with Crippen LogP contribution in [0.1, 0.15) is 61.2 Å². The fraction of sp³-hybridized carbons (Fsp3) is 0.423. The van der Waals surface area contributed by atoms with E-state index in [1.807, 2.05) is 42.5 Å². The molecule has 0 unspecified atom stereocenters. The van der Waals surface area contributed by atoms with Gasteiger partial charge in [0, 0.05) is 6.42 Å². The van der Waals surface area contributed by atoms with Crippen molar-refractivity contribution in [1.82, 2.24) is 0 Å². The van der Waals surface area contributed by atoms with E-state index in [0.29, 0.717) is 24.8 Å². The van der Waals surface area contributed by atoms with E-state index in [4.69, 9.17) is 4.43 Å². The number of hydrogen-bond donors (Lipinski definition) is 2. The minimum absolute atomic E-state index is 0.0269. The quantitative estimate of drug-likeness (QED) is 0.332. The van der Waals surface area contributed by atoms with Crippen molar-refractivity contribution in [3.05, 3.63) is 83.4 Å². The standard InChI is InChI=1S/C26H36O4Si/c1-19(16-17-20-12-10-11-15-22(20)25(28)29)24(30-31(5,6)26(2,3)4)18-23(27)21-13-8-7-9-14-21/h7-15,23-24,27H,1,16-18H2,2-6H3,(H,28,29)/t23-,24-/m1/s1. The van der Waals surface area contributed by atoms with Crippen LogP contribution in [0.25, 0.3) is 0 Å². The normalized spacial score (nSPS) is 14.1. The molecule has 2 N–H and O–H groups in total. The van der Waals surface area contributed by atoms with Crippen LogP contribution < -0.4 is 0 Å². The van der Waals surface area contributed by atoms with E-state index in [2.05, 4.69) is 40.4 Å². The van der Waals surface area contributed by atoms with Gasteiger partial charge < -0.3 is 14.6 Å². The molecule has 0 saturated heterocycles. The fourth-order valence-electron chi connectivity index (χ4n) is 3.25. The average molecular weight is 441 g/mol. The second kappa shape index (κ2) is 10.4. The summed E-state index contributed by atoms with van der Waals surface area (Å²) < 4.78 is 6.69. The first-order chi connectivity index (χ1) is 14.4. The lowest BCUT2D eigenvalue weighted by Crippen LogP contribution is -2.44. The molecule has 4 nitrogen and oxygen atoms in total. The Bertz CT molecular complexity index is 884. The average Bonchev–Trinajstić information content (AvgIpc) is 2.71. The monoisotopic (exact) mass is 440 g/mol. The van der Waals surface area contributed by atoms with E-state index in [0.717, 1.165) is 16.7 Å². The minimum Gasteiger partial charge on any atom is -0.478 e. The maximum Gasteiger partial charge on any atom is 0.335 e. The van der Waals surface area contributed by atoms with Gasteiger partial charge in [-0.3, -0.25) is 0 Å². The summed E-state index contributed by atoms with van der Waals surface area (Å²) in [4.78, 5) is 11.5. The molecule has 2 atom stereocenters. The van der Waals surface area contributed by atoms with E-state index in [-0.39, 0.29) is 11.1 Å². The zero-order valence-corrected chi connectivity index (χ0v) is 20.4. The Morgan fingerprint density at radius 3 is 2.23 bits per heavy atom. The molecule has 2 aromatic carbocycles. The van der Waals surface area contributed by atoms with Crippen molar-refractivity contribution < 1.29 is 19.4 Å². The molecule has 0 heterocycles. The predicted molar refractivity (Wildman–Crippen MR) is 129 cm³/mol. The van der Waals surface area contributed by atoms with Crippen LogP contribution in [0, 0.1) is 0 Å². The second-order valence-corrected chi connectivity index (χ2v) is 14.4. The first kappa shape index (κ1) is 25.1. The molecule has 31 heavy (non-hydrogen) atoms. The lowest BCUT2D eigenvalue weighted by Gasteiger charge is -2.40. The number of aliphatic hydroxyl groups is 1. The van der Waals surface area contributed by atoms with Crippen LogP contribution >= 0.6 is 0 Å². The third-order valence-corrected chi connectivity index (χ3v) is 10.8. The molecular formula is C26H36O4Si.